The first-order chi connectivity index (χ1) is 17.8. The van der Waals surface area contributed by atoms with Crippen LogP contribution in [0.25, 0.3) is 22.6 Å². The lowest BCUT2D eigenvalue weighted by Crippen LogP contribution is -2.49. The molecule has 4 rings (SSSR count). The third kappa shape index (κ3) is 6.46. The van der Waals surface area contributed by atoms with Gasteiger partial charge in [0.15, 0.2) is 5.82 Å². The topological polar surface area (TPSA) is 135 Å². The Labute approximate surface area is 214 Å². The zero-order chi connectivity index (χ0) is 26.4. The van der Waals surface area contributed by atoms with Crippen LogP contribution >= 0.6 is 0 Å². The van der Waals surface area contributed by atoms with Crippen molar-refractivity contribution in [3.05, 3.63) is 48.2 Å². The smallest absolute Gasteiger partial charge is 0.317 e. The molecule has 3 heterocycles. The van der Waals surface area contributed by atoms with Crippen LogP contribution in [0, 0.1) is 11.2 Å². The fourth-order valence-electron chi connectivity index (χ4n) is 3.70. The van der Waals surface area contributed by atoms with Gasteiger partial charge < -0.3 is 34.5 Å². The van der Waals surface area contributed by atoms with E-state index in [0.717, 1.165) is 6.54 Å². The molecule has 2 aromatic heterocycles. The molecule has 1 aromatic carbocycles. The minimum Gasteiger partial charge on any atom is -0.461 e. The number of carbonyl (C=O) groups is 1. The van der Waals surface area contributed by atoms with Crippen LogP contribution in [0.5, 0.6) is 6.01 Å². The zero-order valence-electron chi connectivity index (χ0n) is 21.0. The van der Waals surface area contributed by atoms with Crippen molar-refractivity contribution in [3.63, 3.8) is 0 Å². The molecule has 0 radical (unpaired) electrons. The molecule has 0 spiro atoms. The number of carbonyl (C=O) groups excluding carboxylic acids is 1. The summed E-state index contributed by atoms with van der Waals surface area (Å²) in [5.74, 6) is -0.137. The predicted octanol–water partition coefficient (Wildman–Crippen LogP) is 1.77. The van der Waals surface area contributed by atoms with Crippen LogP contribution in [0.1, 0.15) is 19.0 Å². The van der Waals surface area contributed by atoms with E-state index in [4.69, 9.17) is 19.3 Å². The summed E-state index contributed by atoms with van der Waals surface area (Å²) >= 11 is 0. The number of aromatic nitrogens is 4. The largest absolute Gasteiger partial charge is 0.461 e. The molecule has 0 bridgehead atoms. The Morgan fingerprint density at radius 2 is 1.97 bits per heavy atom. The maximum absolute atomic E-state index is 13.6. The van der Waals surface area contributed by atoms with E-state index in [1.54, 1.807) is 25.1 Å². The molecule has 1 saturated heterocycles. The second kappa shape index (κ2) is 11.7. The molecule has 198 valence electrons. The number of nitrogens with zero attached hydrogens (tertiary/aromatic N) is 4. The number of H-pyrrole nitrogens is 1. The molecule has 1 aliphatic heterocycles. The molecule has 11 nitrogen and oxygen atoms in total. The summed E-state index contributed by atoms with van der Waals surface area (Å²) in [7, 11) is 3.88. The van der Waals surface area contributed by atoms with Gasteiger partial charge >= 0.3 is 6.01 Å². The van der Waals surface area contributed by atoms with E-state index < -0.39 is 11.7 Å². The Balaban J connectivity index is 1.57. The standard InChI is InChI=1S/C25H31FN6O5/c1-25(23(34)27-10-11-32(2)3)14-36-22(37-15-25)21-30-19(16-4-6-17(26)7-5-16)20(31-21)18-8-9-28-24(29-18)35-13-12-33/h4-9,22,33H,10-15H2,1-3H3,(H,27,34)(H,30,31). The summed E-state index contributed by atoms with van der Waals surface area (Å²) in [6.07, 6.45) is 0.681. The number of ether oxygens (including phenoxy) is 3. The van der Waals surface area contributed by atoms with Crippen LogP contribution in [0.15, 0.2) is 36.5 Å². The summed E-state index contributed by atoms with van der Waals surface area (Å²) < 4.78 is 30.8. The lowest BCUT2D eigenvalue weighted by Gasteiger charge is -2.35. The molecule has 0 unspecified atom stereocenters. The second-order valence-electron chi connectivity index (χ2n) is 9.22. The van der Waals surface area contributed by atoms with Gasteiger partial charge in [0.2, 0.25) is 12.2 Å². The van der Waals surface area contributed by atoms with E-state index in [9.17, 15) is 9.18 Å². The molecule has 0 atom stereocenters. The first kappa shape index (κ1) is 26.6. The summed E-state index contributed by atoms with van der Waals surface area (Å²) in [4.78, 5) is 31.1. The number of imidazole rings is 1. The number of halogens is 1. The molecular weight excluding hydrogens is 483 g/mol. The van der Waals surface area contributed by atoms with E-state index in [2.05, 4.69) is 25.3 Å². The van der Waals surface area contributed by atoms with Gasteiger partial charge in [0.25, 0.3) is 0 Å². The maximum Gasteiger partial charge on any atom is 0.317 e. The van der Waals surface area contributed by atoms with Crippen LogP contribution in [0.2, 0.25) is 0 Å². The van der Waals surface area contributed by atoms with Gasteiger partial charge in [-0.15, -0.1) is 0 Å². The van der Waals surface area contributed by atoms with Crippen LogP contribution in [-0.2, 0) is 14.3 Å². The molecule has 0 aliphatic carbocycles. The lowest BCUT2D eigenvalue weighted by molar-refractivity contribution is -0.231. The van der Waals surface area contributed by atoms with E-state index in [-0.39, 0.29) is 44.2 Å². The van der Waals surface area contributed by atoms with Crippen LogP contribution in [0.4, 0.5) is 4.39 Å². The number of likely N-dealkylation sites (N-methyl/N-ethyl adjacent to an activating group) is 1. The van der Waals surface area contributed by atoms with Crippen LogP contribution in [0.3, 0.4) is 0 Å². The van der Waals surface area contributed by atoms with Gasteiger partial charge in [-0.05, 0) is 51.4 Å². The van der Waals surface area contributed by atoms with Crippen molar-refractivity contribution in [2.24, 2.45) is 5.41 Å². The monoisotopic (exact) mass is 514 g/mol. The molecule has 3 N–H and O–H groups in total. The Hall–Kier alpha value is -3.45. The average Bonchev–Trinajstić information content (AvgIpc) is 3.34. The van der Waals surface area contributed by atoms with Crippen molar-refractivity contribution in [1.29, 1.82) is 0 Å². The fraction of sp³-hybridized carbons (Fsp3) is 0.440. The number of aliphatic hydroxyl groups is 1. The summed E-state index contributed by atoms with van der Waals surface area (Å²) in [6.45, 7) is 3.19. The van der Waals surface area contributed by atoms with E-state index >= 15 is 0 Å². The van der Waals surface area contributed by atoms with Gasteiger partial charge in [0, 0.05) is 24.8 Å². The Morgan fingerprint density at radius 3 is 2.65 bits per heavy atom. The molecule has 1 fully saturated rings. The van der Waals surface area contributed by atoms with Crippen molar-refractivity contribution < 1.29 is 28.5 Å². The first-order valence-corrected chi connectivity index (χ1v) is 11.9. The van der Waals surface area contributed by atoms with Crippen molar-refractivity contribution in [2.45, 2.75) is 13.2 Å². The molecule has 37 heavy (non-hydrogen) atoms. The van der Waals surface area contributed by atoms with Crippen molar-refractivity contribution in [3.8, 4) is 28.7 Å². The molecule has 3 aromatic rings. The third-order valence-electron chi connectivity index (χ3n) is 5.77. The Morgan fingerprint density at radius 1 is 1.24 bits per heavy atom. The zero-order valence-corrected chi connectivity index (χ0v) is 21.0. The predicted molar refractivity (Wildman–Crippen MR) is 132 cm³/mol. The SMILES string of the molecule is CN(C)CCNC(=O)C1(C)COC(c2nc(-c3ccc(F)cc3)c(-c3ccnc(OCCO)n3)[nH]2)OC1. The highest BCUT2D eigenvalue weighted by Gasteiger charge is 2.40. The average molecular weight is 515 g/mol. The number of hydrogen-bond donors (Lipinski definition) is 3. The number of aromatic amines is 1. The number of amides is 1. The third-order valence-corrected chi connectivity index (χ3v) is 5.77. The molecule has 1 amide bonds. The van der Waals surface area contributed by atoms with Gasteiger partial charge in [-0.25, -0.2) is 14.4 Å². The quantitative estimate of drug-likeness (QED) is 0.370. The van der Waals surface area contributed by atoms with Gasteiger partial charge in [-0.2, -0.15) is 4.98 Å². The van der Waals surface area contributed by atoms with Crippen LogP contribution < -0.4 is 10.1 Å². The number of hydrogen-bond acceptors (Lipinski definition) is 9. The minimum absolute atomic E-state index is 0.0493. The van der Waals surface area contributed by atoms with Gasteiger partial charge in [0.1, 0.15) is 12.4 Å². The fourth-order valence-corrected chi connectivity index (χ4v) is 3.70. The molecule has 12 heteroatoms. The van der Waals surface area contributed by atoms with E-state index in [1.807, 2.05) is 19.0 Å². The summed E-state index contributed by atoms with van der Waals surface area (Å²) in [6, 6.07) is 7.68. The molecule has 0 saturated carbocycles. The van der Waals surface area contributed by atoms with E-state index in [1.165, 1.54) is 18.3 Å². The number of benzene rings is 1. The number of rotatable bonds is 10. The normalized spacial score (nSPS) is 19.7. The van der Waals surface area contributed by atoms with Crippen molar-refractivity contribution in [1.82, 2.24) is 30.2 Å². The van der Waals surface area contributed by atoms with Crippen molar-refractivity contribution >= 4 is 5.91 Å². The highest BCUT2D eigenvalue weighted by atomic mass is 19.1. The first-order valence-electron chi connectivity index (χ1n) is 11.9. The number of aliphatic hydroxyl groups excluding tert-OH is 1. The molecule has 1 aliphatic rings. The van der Waals surface area contributed by atoms with E-state index in [0.29, 0.717) is 35.0 Å². The number of nitrogens with one attached hydrogen (secondary N) is 2. The van der Waals surface area contributed by atoms with Gasteiger partial charge in [-0.1, -0.05) is 0 Å². The highest BCUT2D eigenvalue weighted by molar-refractivity contribution is 5.82. The molecular formula is C25H31FN6O5. The second-order valence-corrected chi connectivity index (χ2v) is 9.22. The summed E-state index contributed by atoms with van der Waals surface area (Å²) in [5, 5.41) is 12.0. The van der Waals surface area contributed by atoms with Gasteiger partial charge in [0.05, 0.1) is 42.3 Å². The van der Waals surface area contributed by atoms with Gasteiger partial charge in [-0.3, -0.25) is 4.79 Å². The minimum atomic E-state index is -0.845. The highest BCUT2D eigenvalue weighted by Crippen LogP contribution is 2.35. The summed E-state index contributed by atoms with van der Waals surface area (Å²) in [5.41, 5.74) is 1.31. The maximum atomic E-state index is 13.6. The Kier molecular flexibility index (Phi) is 8.44. The van der Waals surface area contributed by atoms with Crippen LogP contribution in [-0.4, -0.2) is 89.5 Å². The van der Waals surface area contributed by atoms with Crippen molar-refractivity contribution in [2.75, 3.05) is 53.6 Å². The Bertz CT molecular complexity index is 1190. The lowest BCUT2D eigenvalue weighted by atomic mass is 9.91.